The van der Waals surface area contributed by atoms with Crippen LogP contribution in [0.15, 0.2) is 72.8 Å². The topological polar surface area (TPSA) is 137 Å². The third-order valence-electron chi connectivity index (χ3n) is 9.92. The Balaban J connectivity index is 1.56. The third kappa shape index (κ3) is 11.3. The molecule has 0 spiro atoms. The summed E-state index contributed by atoms with van der Waals surface area (Å²) in [5.41, 5.74) is 8.23. The minimum Gasteiger partial charge on any atom is -0.490 e. The zero-order valence-corrected chi connectivity index (χ0v) is 35.0. The normalized spacial score (nSPS) is 12.6. The Morgan fingerprint density at radius 2 is 1.05 bits per heavy atom. The van der Waals surface area contributed by atoms with Crippen molar-refractivity contribution in [1.29, 1.82) is 0 Å². The zero-order chi connectivity index (χ0) is 42.0. The highest BCUT2D eigenvalue weighted by Gasteiger charge is 2.47. The van der Waals surface area contributed by atoms with Gasteiger partial charge in [-0.25, -0.2) is 9.59 Å². The van der Waals surface area contributed by atoms with Crippen molar-refractivity contribution in [1.82, 2.24) is 0 Å². The molecule has 0 heterocycles. The molecule has 5 rings (SSSR count). The lowest BCUT2D eigenvalue weighted by molar-refractivity contribution is 0.00429. The number of ether oxygens (including phenoxy) is 9. The van der Waals surface area contributed by atoms with Gasteiger partial charge in [0.2, 0.25) is 0 Å². The minimum atomic E-state index is -0.971. The summed E-state index contributed by atoms with van der Waals surface area (Å²) in [4.78, 5) is 27.5. The number of hydrogen-bond acceptors (Lipinski definition) is 12. The number of fused-ring (bicyclic) bond motifs is 3. The highest BCUT2D eigenvalue weighted by atomic mass is 16.6. The predicted molar refractivity (Wildman–Crippen MR) is 223 cm³/mol. The van der Waals surface area contributed by atoms with Crippen molar-refractivity contribution in [3.05, 3.63) is 123 Å². The van der Waals surface area contributed by atoms with Gasteiger partial charge in [-0.15, -0.1) is 0 Å². The van der Waals surface area contributed by atoms with Crippen molar-refractivity contribution in [2.24, 2.45) is 0 Å². The molecule has 0 radical (unpaired) electrons. The SMILES string of the molecule is CCOC(=O)c1cc(C2(c3ccc(OCCOCCOCCOC)c(C(=O)OCC)c3)c3cc(C)ccc3-c3ccc(C)cc32)ccc1COCCOCCOCCO. The number of methoxy groups -OCH3 is 1. The Morgan fingerprint density at radius 3 is 1.61 bits per heavy atom. The molecular weight excluding hydrogens is 757 g/mol. The molecule has 4 aromatic carbocycles. The minimum absolute atomic E-state index is 0.0375. The van der Waals surface area contributed by atoms with Crippen LogP contribution in [0, 0.1) is 13.8 Å². The molecule has 0 saturated heterocycles. The molecule has 12 heteroatoms. The van der Waals surface area contributed by atoms with Crippen molar-refractivity contribution in [2.45, 2.75) is 39.7 Å². The van der Waals surface area contributed by atoms with Crippen molar-refractivity contribution in [3.63, 3.8) is 0 Å². The van der Waals surface area contributed by atoms with Gasteiger partial charge in [-0.2, -0.15) is 0 Å². The number of esters is 2. The third-order valence-corrected chi connectivity index (χ3v) is 9.92. The van der Waals surface area contributed by atoms with Crippen LogP contribution in [0.3, 0.4) is 0 Å². The summed E-state index contributed by atoms with van der Waals surface area (Å²) >= 11 is 0. The van der Waals surface area contributed by atoms with Gasteiger partial charge in [0.15, 0.2) is 0 Å². The van der Waals surface area contributed by atoms with Crippen molar-refractivity contribution < 1.29 is 57.3 Å². The highest BCUT2D eigenvalue weighted by molar-refractivity contribution is 5.95. The Hall–Kier alpha value is -4.66. The molecule has 0 saturated carbocycles. The van der Waals surface area contributed by atoms with E-state index in [0.717, 1.165) is 44.5 Å². The summed E-state index contributed by atoms with van der Waals surface area (Å²) in [7, 11) is 1.62. The first-order valence-corrected chi connectivity index (χ1v) is 20.3. The van der Waals surface area contributed by atoms with Gasteiger partial charge < -0.3 is 47.7 Å². The maximum Gasteiger partial charge on any atom is 0.341 e. The van der Waals surface area contributed by atoms with E-state index in [9.17, 15) is 9.59 Å². The summed E-state index contributed by atoms with van der Waals surface area (Å²) in [5.74, 6) is -0.608. The summed E-state index contributed by atoms with van der Waals surface area (Å²) in [6, 6.07) is 24.4. The molecule has 0 aromatic heterocycles. The summed E-state index contributed by atoms with van der Waals surface area (Å²) in [5, 5.41) is 8.88. The molecule has 1 aliphatic carbocycles. The van der Waals surface area contributed by atoms with Crippen LogP contribution in [-0.4, -0.2) is 117 Å². The fraction of sp³-hybridized carbons (Fsp3) is 0.447. The van der Waals surface area contributed by atoms with E-state index in [-0.39, 0.29) is 45.2 Å². The van der Waals surface area contributed by atoms with Crippen molar-refractivity contribution >= 4 is 11.9 Å². The van der Waals surface area contributed by atoms with Gasteiger partial charge in [-0.1, -0.05) is 65.7 Å². The number of aryl methyl sites for hydroxylation is 2. The lowest BCUT2D eigenvalue weighted by atomic mass is 9.66. The monoisotopic (exact) mass is 814 g/mol. The summed E-state index contributed by atoms with van der Waals surface area (Å²) in [6.07, 6.45) is 0. The van der Waals surface area contributed by atoms with E-state index in [2.05, 4.69) is 50.2 Å². The second-order valence-corrected chi connectivity index (χ2v) is 13.9. The summed E-state index contributed by atoms with van der Waals surface area (Å²) < 4.78 is 50.4. The van der Waals surface area contributed by atoms with E-state index >= 15 is 0 Å². The van der Waals surface area contributed by atoms with Crippen LogP contribution in [0.1, 0.15) is 73.5 Å². The van der Waals surface area contributed by atoms with Gasteiger partial charge in [0.05, 0.1) is 103 Å². The number of carbonyl (C=O) groups is 2. The molecule has 1 aliphatic rings. The van der Waals surface area contributed by atoms with Crippen LogP contribution in [0.4, 0.5) is 0 Å². The summed E-state index contributed by atoms with van der Waals surface area (Å²) in [6.45, 7) is 12.1. The Labute approximate surface area is 347 Å². The van der Waals surface area contributed by atoms with Gasteiger partial charge >= 0.3 is 11.9 Å². The fourth-order valence-corrected chi connectivity index (χ4v) is 7.29. The molecule has 0 amide bonds. The lowest BCUT2D eigenvalue weighted by Gasteiger charge is -2.35. The van der Waals surface area contributed by atoms with Gasteiger partial charge in [0, 0.05) is 7.11 Å². The molecule has 59 heavy (non-hydrogen) atoms. The second-order valence-electron chi connectivity index (χ2n) is 13.9. The Morgan fingerprint density at radius 1 is 0.559 bits per heavy atom. The number of benzene rings is 4. The largest absolute Gasteiger partial charge is 0.490 e. The molecule has 0 bridgehead atoms. The number of carbonyl (C=O) groups excluding carboxylic acids is 2. The van der Waals surface area contributed by atoms with Crippen LogP contribution in [0.25, 0.3) is 11.1 Å². The zero-order valence-electron chi connectivity index (χ0n) is 35.0. The van der Waals surface area contributed by atoms with Crippen LogP contribution < -0.4 is 4.74 Å². The van der Waals surface area contributed by atoms with Crippen LogP contribution in [0.2, 0.25) is 0 Å². The van der Waals surface area contributed by atoms with Crippen molar-refractivity contribution in [2.75, 3.05) is 99.6 Å². The van der Waals surface area contributed by atoms with Gasteiger partial charge in [-0.3, -0.25) is 0 Å². The van der Waals surface area contributed by atoms with Crippen molar-refractivity contribution in [3.8, 4) is 16.9 Å². The van der Waals surface area contributed by atoms with Crippen LogP contribution >= 0.6 is 0 Å². The first-order chi connectivity index (χ1) is 28.8. The quantitative estimate of drug-likeness (QED) is 0.0475. The molecule has 318 valence electrons. The lowest BCUT2D eigenvalue weighted by Crippen LogP contribution is -2.30. The number of aliphatic hydroxyl groups excluding tert-OH is 1. The van der Waals surface area contributed by atoms with Gasteiger partial charge in [-0.05, 0) is 84.8 Å². The molecule has 1 N–H and O–H groups in total. The predicted octanol–water partition coefficient (Wildman–Crippen LogP) is 6.62. The highest BCUT2D eigenvalue weighted by Crippen LogP contribution is 2.57. The Kier molecular flexibility index (Phi) is 17.9. The molecular formula is C47H58O12. The molecule has 4 aromatic rings. The van der Waals surface area contributed by atoms with E-state index in [1.165, 1.54) is 0 Å². The molecule has 0 atom stereocenters. The smallest absolute Gasteiger partial charge is 0.341 e. The standard InChI is InChI=1S/C47H58O12/c1-6-57-45(49)40-30-36(11-10-35(40)32-56-25-24-54-21-20-52-17-16-48)47(42-28-33(3)8-13-38(42)39-14-9-34(4)29-43(39)47)37-12-15-44(41(31-37)46(50)58-7-2)59-27-26-55-23-22-53-19-18-51-5/h8-15,28-31,48H,6-7,16-27,32H2,1-5H3. The number of hydrogen-bond donors (Lipinski definition) is 1. The number of rotatable bonds is 26. The average Bonchev–Trinajstić information content (AvgIpc) is 3.51. The van der Waals surface area contributed by atoms with E-state index in [1.807, 2.05) is 36.4 Å². The first-order valence-electron chi connectivity index (χ1n) is 20.3. The average molecular weight is 815 g/mol. The molecule has 12 nitrogen and oxygen atoms in total. The molecule has 0 unspecified atom stereocenters. The number of aliphatic hydroxyl groups is 1. The van der Waals surface area contributed by atoms with E-state index in [0.29, 0.717) is 76.3 Å². The van der Waals surface area contributed by atoms with E-state index in [4.69, 9.17) is 47.7 Å². The van der Waals surface area contributed by atoms with Crippen LogP contribution in [-0.2, 0) is 49.9 Å². The van der Waals surface area contributed by atoms with Gasteiger partial charge in [0.1, 0.15) is 17.9 Å². The second kappa shape index (κ2) is 23.2. The van der Waals surface area contributed by atoms with Gasteiger partial charge in [0.25, 0.3) is 0 Å². The first kappa shape index (κ1) is 45.4. The molecule has 0 fully saturated rings. The fourth-order valence-electron chi connectivity index (χ4n) is 7.29. The maximum atomic E-state index is 13.8. The van der Waals surface area contributed by atoms with E-state index in [1.54, 1.807) is 21.0 Å². The molecule has 0 aliphatic heterocycles. The Bertz CT molecular complexity index is 1830. The maximum absolute atomic E-state index is 13.8. The van der Waals surface area contributed by atoms with Crippen LogP contribution in [0.5, 0.6) is 5.75 Å². The van der Waals surface area contributed by atoms with E-state index < -0.39 is 17.4 Å².